The lowest BCUT2D eigenvalue weighted by atomic mass is 10.1. The van der Waals surface area contributed by atoms with Gasteiger partial charge < -0.3 is 10.2 Å². The Morgan fingerprint density at radius 1 is 1.41 bits per heavy atom. The smallest absolute Gasteiger partial charge is 0.224 e. The first-order chi connectivity index (χ1) is 8.36. The van der Waals surface area contributed by atoms with Crippen LogP contribution >= 0.6 is 11.3 Å². The van der Waals surface area contributed by atoms with E-state index in [2.05, 4.69) is 31.6 Å². The van der Waals surface area contributed by atoms with Gasteiger partial charge in [0.2, 0.25) is 5.95 Å². The first kappa shape index (κ1) is 10.5. The highest BCUT2D eigenvalue weighted by Gasteiger charge is 2.18. The van der Waals surface area contributed by atoms with Gasteiger partial charge in [-0.2, -0.15) is 4.98 Å². The third-order valence-electron chi connectivity index (χ3n) is 3.00. The molecule has 3 heterocycles. The lowest BCUT2D eigenvalue weighted by Gasteiger charge is -2.27. The highest BCUT2D eigenvalue weighted by Crippen LogP contribution is 2.26. The minimum Gasteiger partial charge on any atom is -0.357 e. The van der Waals surface area contributed by atoms with Gasteiger partial charge in [-0.05, 0) is 29.5 Å². The number of aromatic nitrogens is 2. The van der Waals surface area contributed by atoms with E-state index in [1.807, 2.05) is 24.5 Å². The van der Waals surface area contributed by atoms with E-state index in [1.54, 1.807) is 6.20 Å². The van der Waals surface area contributed by atoms with Crippen molar-refractivity contribution in [3.63, 3.8) is 0 Å². The van der Waals surface area contributed by atoms with E-state index >= 15 is 0 Å². The summed E-state index contributed by atoms with van der Waals surface area (Å²) in [5.41, 5.74) is 1.44. The first-order valence-corrected chi connectivity index (χ1v) is 6.56. The lowest BCUT2D eigenvalue weighted by Crippen LogP contribution is -2.30. The fourth-order valence-electron chi connectivity index (χ4n) is 2.09. The van der Waals surface area contributed by atoms with Gasteiger partial charge in [-0.15, -0.1) is 11.3 Å². The molecule has 5 heteroatoms. The van der Waals surface area contributed by atoms with Crippen LogP contribution in [0.1, 0.15) is 10.4 Å². The van der Waals surface area contributed by atoms with Gasteiger partial charge in [0.15, 0.2) is 0 Å². The number of nitrogens with zero attached hydrogens (tertiary/aromatic N) is 3. The molecule has 0 saturated heterocycles. The van der Waals surface area contributed by atoms with Gasteiger partial charge in [0.05, 0.1) is 0 Å². The second kappa shape index (κ2) is 4.33. The molecule has 0 aromatic carbocycles. The number of nitrogens with one attached hydrogen (secondary N) is 1. The van der Waals surface area contributed by atoms with Gasteiger partial charge in [0, 0.05) is 31.2 Å². The Morgan fingerprint density at radius 3 is 3.24 bits per heavy atom. The Labute approximate surface area is 104 Å². The van der Waals surface area contributed by atoms with E-state index < -0.39 is 0 Å². The molecular weight excluding hydrogens is 232 g/mol. The predicted octanol–water partition coefficient (Wildman–Crippen LogP) is 2.14. The second-order valence-electron chi connectivity index (χ2n) is 4.03. The van der Waals surface area contributed by atoms with Crippen LogP contribution in [0.2, 0.25) is 0 Å². The largest absolute Gasteiger partial charge is 0.357 e. The molecule has 0 fully saturated rings. The summed E-state index contributed by atoms with van der Waals surface area (Å²) in [5.74, 6) is 1.68. The molecule has 0 bridgehead atoms. The Balaban J connectivity index is 1.86. The van der Waals surface area contributed by atoms with E-state index in [0.717, 1.165) is 25.3 Å². The van der Waals surface area contributed by atoms with Crippen molar-refractivity contribution in [3.05, 3.63) is 34.2 Å². The van der Waals surface area contributed by atoms with Crippen LogP contribution in [0.4, 0.5) is 11.8 Å². The maximum Gasteiger partial charge on any atom is 0.224 e. The number of fused-ring (bicyclic) bond motifs is 1. The van der Waals surface area contributed by atoms with Crippen LogP contribution in [0, 0.1) is 0 Å². The Bertz CT molecular complexity index is 523. The fraction of sp³-hybridized carbons (Fsp3) is 0.333. The summed E-state index contributed by atoms with van der Waals surface area (Å²) >= 11 is 1.86. The van der Waals surface area contributed by atoms with Crippen LogP contribution in [0.25, 0.3) is 0 Å². The summed E-state index contributed by atoms with van der Waals surface area (Å²) in [4.78, 5) is 12.4. The first-order valence-electron chi connectivity index (χ1n) is 5.68. The van der Waals surface area contributed by atoms with Crippen LogP contribution < -0.4 is 10.2 Å². The van der Waals surface area contributed by atoms with Crippen LogP contribution in [0.15, 0.2) is 23.7 Å². The summed E-state index contributed by atoms with van der Waals surface area (Å²) in [6.45, 7) is 1.99. The quantitative estimate of drug-likeness (QED) is 0.881. The molecule has 0 aliphatic carbocycles. The molecule has 1 aliphatic rings. The van der Waals surface area contributed by atoms with Crippen LogP contribution in [0.5, 0.6) is 0 Å². The van der Waals surface area contributed by atoms with Gasteiger partial charge in [-0.3, -0.25) is 0 Å². The molecule has 17 heavy (non-hydrogen) atoms. The number of hydrogen-bond acceptors (Lipinski definition) is 5. The fourth-order valence-corrected chi connectivity index (χ4v) is 2.98. The third kappa shape index (κ3) is 1.98. The van der Waals surface area contributed by atoms with Crippen molar-refractivity contribution >= 4 is 23.1 Å². The zero-order chi connectivity index (χ0) is 11.7. The highest BCUT2D eigenvalue weighted by molar-refractivity contribution is 7.10. The zero-order valence-electron chi connectivity index (χ0n) is 9.68. The standard InChI is InChI=1S/C12H14N4S/c1-13-12-14-5-2-11(15-12)16-6-3-10-9(8-16)4-7-17-10/h2,4-5,7H,3,6,8H2,1H3,(H,13,14,15). The summed E-state index contributed by atoms with van der Waals surface area (Å²) in [5, 5.41) is 5.15. The average molecular weight is 246 g/mol. The molecule has 0 spiro atoms. The van der Waals surface area contributed by atoms with Gasteiger partial charge in [-0.1, -0.05) is 0 Å². The second-order valence-corrected chi connectivity index (χ2v) is 5.03. The SMILES string of the molecule is CNc1nccc(N2CCc3sccc3C2)n1. The van der Waals surface area contributed by atoms with Crippen molar-refractivity contribution in [1.29, 1.82) is 0 Å². The molecule has 2 aromatic rings. The van der Waals surface area contributed by atoms with Crippen molar-refractivity contribution in [1.82, 2.24) is 9.97 Å². The minimum atomic E-state index is 0.679. The van der Waals surface area contributed by atoms with Crippen LogP contribution in [-0.4, -0.2) is 23.6 Å². The molecule has 0 saturated carbocycles. The Morgan fingerprint density at radius 2 is 2.35 bits per heavy atom. The molecule has 2 aromatic heterocycles. The molecule has 0 amide bonds. The number of anilines is 2. The monoisotopic (exact) mass is 246 g/mol. The lowest BCUT2D eigenvalue weighted by molar-refractivity contribution is 0.731. The molecule has 3 rings (SSSR count). The molecule has 0 radical (unpaired) electrons. The maximum atomic E-state index is 4.48. The molecule has 1 N–H and O–H groups in total. The van der Waals surface area contributed by atoms with E-state index in [9.17, 15) is 0 Å². The number of hydrogen-bond donors (Lipinski definition) is 1. The Hall–Kier alpha value is -1.62. The highest BCUT2D eigenvalue weighted by atomic mass is 32.1. The van der Waals surface area contributed by atoms with E-state index in [1.165, 1.54) is 10.4 Å². The third-order valence-corrected chi connectivity index (χ3v) is 4.02. The molecule has 0 unspecified atom stereocenters. The number of thiophene rings is 1. The summed E-state index contributed by atoms with van der Waals surface area (Å²) in [6.07, 6.45) is 2.92. The van der Waals surface area contributed by atoms with Gasteiger partial charge in [0.1, 0.15) is 5.82 Å². The summed E-state index contributed by atoms with van der Waals surface area (Å²) in [6, 6.07) is 4.19. The van der Waals surface area contributed by atoms with Crippen molar-refractivity contribution in [2.75, 3.05) is 23.8 Å². The van der Waals surface area contributed by atoms with Gasteiger partial charge >= 0.3 is 0 Å². The average Bonchev–Trinajstić information content (AvgIpc) is 2.86. The van der Waals surface area contributed by atoms with E-state index in [-0.39, 0.29) is 0 Å². The van der Waals surface area contributed by atoms with Gasteiger partial charge in [-0.25, -0.2) is 4.98 Å². The summed E-state index contributed by atoms with van der Waals surface area (Å²) in [7, 11) is 1.84. The molecule has 88 valence electrons. The van der Waals surface area contributed by atoms with Crippen molar-refractivity contribution in [2.45, 2.75) is 13.0 Å². The van der Waals surface area contributed by atoms with Crippen molar-refractivity contribution in [3.8, 4) is 0 Å². The maximum absolute atomic E-state index is 4.48. The predicted molar refractivity (Wildman–Crippen MR) is 70.7 cm³/mol. The molecule has 0 atom stereocenters. The summed E-state index contributed by atoms with van der Waals surface area (Å²) < 4.78 is 0. The molecular formula is C12H14N4S. The van der Waals surface area contributed by atoms with Crippen LogP contribution in [-0.2, 0) is 13.0 Å². The van der Waals surface area contributed by atoms with Gasteiger partial charge in [0.25, 0.3) is 0 Å². The molecule has 4 nitrogen and oxygen atoms in total. The van der Waals surface area contributed by atoms with Crippen LogP contribution in [0.3, 0.4) is 0 Å². The van der Waals surface area contributed by atoms with E-state index in [4.69, 9.17) is 0 Å². The van der Waals surface area contributed by atoms with Crippen molar-refractivity contribution in [2.24, 2.45) is 0 Å². The normalized spacial score (nSPS) is 14.5. The molecule has 1 aliphatic heterocycles. The zero-order valence-corrected chi connectivity index (χ0v) is 10.5. The topological polar surface area (TPSA) is 41.1 Å². The minimum absolute atomic E-state index is 0.679. The van der Waals surface area contributed by atoms with Crippen molar-refractivity contribution < 1.29 is 0 Å². The van der Waals surface area contributed by atoms with E-state index in [0.29, 0.717) is 5.95 Å². The number of rotatable bonds is 2. The Kier molecular flexibility index (Phi) is 2.68.